The van der Waals surface area contributed by atoms with Crippen LogP contribution >= 0.6 is 11.3 Å². The van der Waals surface area contributed by atoms with Gasteiger partial charge in [0.05, 0.1) is 5.69 Å². The molecule has 7 heteroatoms. The first-order valence-electron chi connectivity index (χ1n) is 6.60. The van der Waals surface area contributed by atoms with E-state index < -0.39 is 5.97 Å². The van der Waals surface area contributed by atoms with Crippen molar-refractivity contribution in [2.75, 3.05) is 0 Å². The van der Waals surface area contributed by atoms with Crippen LogP contribution in [-0.4, -0.2) is 30.4 Å². The van der Waals surface area contributed by atoms with Crippen molar-refractivity contribution in [2.45, 2.75) is 26.2 Å². The van der Waals surface area contributed by atoms with E-state index in [1.165, 1.54) is 0 Å². The number of hydrogen-bond acceptors (Lipinski definition) is 5. The molecule has 0 amide bonds. The molecule has 108 valence electrons. The predicted octanol–water partition coefficient (Wildman–Crippen LogP) is 2.57. The Morgan fingerprint density at radius 2 is 2.19 bits per heavy atom. The maximum absolute atomic E-state index is 10.6. The van der Waals surface area contributed by atoms with E-state index in [9.17, 15) is 4.79 Å². The summed E-state index contributed by atoms with van der Waals surface area (Å²) in [6, 6.07) is 0. The van der Waals surface area contributed by atoms with E-state index in [0.717, 1.165) is 34.2 Å². The van der Waals surface area contributed by atoms with E-state index in [1.54, 1.807) is 23.7 Å². The van der Waals surface area contributed by atoms with Crippen molar-refractivity contribution in [3.8, 4) is 11.4 Å². The second-order valence-corrected chi connectivity index (χ2v) is 5.58. The van der Waals surface area contributed by atoms with Crippen LogP contribution in [0.15, 0.2) is 24.0 Å². The largest absolute Gasteiger partial charge is 0.481 e. The van der Waals surface area contributed by atoms with Crippen LogP contribution in [0.5, 0.6) is 0 Å². The highest BCUT2D eigenvalue weighted by atomic mass is 32.1. The predicted molar refractivity (Wildman–Crippen MR) is 79.4 cm³/mol. The van der Waals surface area contributed by atoms with Gasteiger partial charge in [-0.2, -0.15) is 0 Å². The average Bonchev–Trinajstić information content (AvgIpc) is 3.00. The fraction of sp³-hybridized carbons (Fsp3) is 0.286. The molecule has 0 aromatic carbocycles. The third-order valence-corrected chi connectivity index (χ3v) is 4.12. The van der Waals surface area contributed by atoms with Gasteiger partial charge in [0, 0.05) is 36.1 Å². The summed E-state index contributed by atoms with van der Waals surface area (Å²) in [5.74, 6) is -0.761. The number of aromatic nitrogens is 4. The molecule has 21 heavy (non-hydrogen) atoms. The van der Waals surface area contributed by atoms with Crippen molar-refractivity contribution >= 4 is 22.3 Å². The summed E-state index contributed by atoms with van der Waals surface area (Å²) < 4.78 is 2.01. The average molecular weight is 302 g/mol. The Hall–Kier alpha value is -2.28. The molecular weight excluding hydrogens is 288 g/mol. The summed E-state index contributed by atoms with van der Waals surface area (Å²) in [4.78, 5) is 24.6. The molecule has 0 bridgehead atoms. The summed E-state index contributed by atoms with van der Waals surface area (Å²) in [7, 11) is 0. The van der Waals surface area contributed by atoms with Crippen LogP contribution in [0.25, 0.3) is 16.3 Å². The quantitative estimate of drug-likeness (QED) is 0.783. The molecular formula is C14H14N4O2S. The highest BCUT2D eigenvalue weighted by molar-refractivity contribution is 7.15. The molecule has 3 rings (SSSR count). The van der Waals surface area contributed by atoms with Gasteiger partial charge in [0.2, 0.25) is 0 Å². The van der Waals surface area contributed by atoms with Crippen LogP contribution in [0.1, 0.15) is 24.2 Å². The normalized spacial score (nSPS) is 11.1. The lowest BCUT2D eigenvalue weighted by Gasteiger charge is -1.99. The number of rotatable bonds is 5. The molecule has 0 aliphatic carbocycles. The van der Waals surface area contributed by atoms with Gasteiger partial charge >= 0.3 is 5.97 Å². The Bertz CT molecular complexity index is 793. The SMILES string of the molecule is Cc1nccnc1-c1cn2c(CCCC(=O)O)csc2n1. The minimum absolute atomic E-state index is 0.183. The van der Waals surface area contributed by atoms with Crippen molar-refractivity contribution < 1.29 is 9.90 Å². The number of aliphatic carboxylic acids is 1. The van der Waals surface area contributed by atoms with Crippen molar-refractivity contribution in [1.29, 1.82) is 0 Å². The van der Waals surface area contributed by atoms with E-state index in [1.807, 2.05) is 22.9 Å². The van der Waals surface area contributed by atoms with E-state index in [4.69, 9.17) is 5.11 Å². The maximum Gasteiger partial charge on any atom is 0.303 e. The summed E-state index contributed by atoms with van der Waals surface area (Å²) in [5, 5.41) is 10.7. The Morgan fingerprint density at radius 3 is 2.95 bits per heavy atom. The zero-order chi connectivity index (χ0) is 14.8. The van der Waals surface area contributed by atoms with Gasteiger partial charge < -0.3 is 5.11 Å². The Balaban J connectivity index is 1.89. The first-order valence-corrected chi connectivity index (χ1v) is 7.48. The van der Waals surface area contributed by atoms with Gasteiger partial charge in [0.1, 0.15) is 11.4 Å². The number of hydrogen-bond donors (Lipinski definition) is 1. The fourth-order valence-electron chi connectivity index (χ4n) is 2.20. The Kier molecular flexibility index (Phi) is 3.66. The van der Waals surface area contributed by atoms with E-state index in [0.29, 0.717) is 6.42 Å². The van der Waals surface area contributed by atoms with Crippen molar-refractivity contribution in [3.63, 3.8) is 0 Å². The minimum Gasteiger partial charge on any atom is -0.481 e. The third-order valence-electron chi connectivity index (χ3n) is 3.23. The molecule has 0 radical (unpaired) electrons. The number of carboxylic acids is 1. The standard InChI is InChI=1S/C14H14N4O2S/c1-9-13(16-6-5-15-9)11-7-18-10(3-2-4-12(19)20)8-21-14(18)17-11/h5-8H,2-4H2,1H3,(H,19,20). The van der Waals surface area contributed by atoms with Crippen molar-refractivity contribution in [3.05, 3.63) is 35.4 Å². The highest BCUT2D eigenvalue weighted by Crippen LogP contribution is 2.24. The molecule has 6 nitrogen and oxygen atoms in total. The topological polar surface area (TPSA) is 80.4 Å². The second kappa shape index (κ2) is 5.61. The number of nitrogens with zero attached hydrogens (tertiary/aromatic N) is 4. The molecule has 0 atom stereocenters. The number of carboxylic acid groups (broad SMARTS) is 1. The number of carbonyl (C=O) groups is 1. The van der Waals surface area contributed by atoms with Crippen LogP contribution in [0.4, 0.5) is 0 Å². The van der Waals surface area contributed by atoms with E-state index in [-0.39, 0.29) is 6.42 Å². The van der Waals surface area contributed by atoms with Gasteiger partial charge in [-0.1, -0.05) is 0 Å². The van der Waals surface area contributed by atoms with Crippen molar-refractivity contribution in [1.82, 2.24) is 19.4 Å². The molecule has 0 spiro atoms. The molecule has 1 N–H and O–H groups in total. The molecule has 0 aliphatic heterocycles. The first kappa shape index (κ1) is 13.7. The minimum atomic E-state index is -0.761. The zero-order valence-corrected chi connectivity index (χ0v) is 12.3. The Morgan fingerprint density at radius 1 is 1.38 bits per heavy atom. The smallest absolute Gasteiger partial charge is 0.303 e. The van der Waals surface area contributed by atoms with Gasteiger partial charge in [-0.3, -0.25) is 19.2 Å². The van der Waals surface area contributed by atoms with E-state index >= 15 is 0 Å². The lowest BCUT2D eigenvalue weighted by atomic mass is 10.2. The van der Waals surface area contributed by atoms with Crippen LogP contribution in [0, 0.1) is 6.92 Å². The summed E-state index contributed by atoms with van der Waals surface area (Å²) in [6.07, 6.45) is 6.79. The lowest BCUT2D eigenvalue weighted by Crippen LogP contribution is -1.97. The monoisotopic (exact) mass is 302 g/mol. The number of fused-ring (bicyclic) bond motifs is 1. The second-order valence-electron chi connectivity index (χ2n) is 4.74. The first-order chi connectivity index (χ1) is 10.1. The zero-order valence-electron chi connectivity index (χ0n) is 11.5. The molecule has 0 saturated heterocycles. The molecule has 0 fully saturated rings. The van der Waals surface area contributed by atoms with Gasteiger partial charge in [-0.25, -0.2) is 4.98 Å². The number of imidazole rings is 1. The third kappa shape index (κ3) is 2.78. The number of aryl methyl sites for hydroxylation is 2. The van der Waals surface area contributed by atoms with Crippen LogP contribution in [-0.2, 0) is 11.2 Å². The fourth-order valence-corrected chi connectivity index (χ4v) is 3.11. The summed E-state index contributed by atoms with van der Waals surface area (Å²) in [5.41, 5.74) is 3.50. The van der Waals surface area contributed by atoms with Crippen molar-refractivity contribution in [2.24, 2.45) is 0 Å². The van der Waals surface area contributed by atoms with Crippen LogP contribution in [0.3, 0.4) is 0 Å². The Labute approximate surface area is 125 Å². The van der Waals surface area contributed by atoms with Gasteiger partial charge in [0.15, 0.2) is 4.96 Å². The van der Waals surface area contributed by atoms with Crippen LogP contribution in [0.2, 0.25) is 0 Å². The van der Waals surface area contributed by atoms with E-state index in [2.05, 4.69) is 15.0 Å². The maximum atomic E-state index is 10.6. The molecule has 3 aromatic heterocycles. The summed E-state index contributed by atoms with van der Waals surface area (Å²) in [6.45, 7) is 1.91. The lowest BCUT2D eigenvalue weighted by molar-refractivity contribution is -0.137. The van der Waals surface area contributed by atoms with Gasteiger partial charge in [-0.15, -0.1) is 11.3 Å². The van der Waals surface area contributed by atoms with Gasteiger partial charge in [-0.05, 0) is 19.8 Å². The highest BCUT2D eigenvalue weighted by Gasteiger charge is 2.12. The molecule has 0 aliphatic rings. The van der Waals surface area contributed by atoms with Gasteiger partial charge in [0.25, 0.3) is 0 Å². The number of thiazole rings is 1. The molecule has 0 saturated carbocycles. The molecule has 0 unspecified atom stereocenters. The molecule has 3 aromatic rings. The van der Waals surface area contributed by atoms with Crippen LogP contribution < -0.4 is 0 Å². The molecule has 3 heterocycles. The summed E-state index contributed by atoms with van der Waals surface area (Å²) >= 11 is 1.55.